The number of allylic oxidation sites excluding steroid dienone is 6. The molecule has 2 bridgehead atoms. The van der Waals surface area contributed by atoms with Gasteiger partial charge in [-0.3, -0.25) is 4.79 Å². The Hall–Kier alpha value is -1.65. The van der Waals surface area contributed by atoms with Crippen LogP contribution in [0.2, 0.25) is 0 Å². The normalized spacial score (nSPS) is 24.8. The summed E-state index contributed by atoms with van der Waals surface area (Å²) in [5, 5.41) is 3.97. The predicted molar refractivity (Wildman–Crippen MR) is 146 cm³/mol. The Morgan fingerprint density at radius 2 is 1.79 bits per heavy atom. The number of amides is 1. The zero-order valence-electron chi connectivity index (χ0n) is 22.5. The molecular weight excluding hydrogens is 444 g/mol. The minimum Gasteiger partial charge on any atom is -0.347 e. The van der Waals surface area contributed by atoms with Crippen molar-refractivity contribution in [1.29, 1.82) is 0 Å². The van der Waals surface area contributed by atoms with Crippen molar-refractivity contribution in [2.45, 2.75) is 79.2 Å². The number of carbonyl (C=O) groups is 2. The first-order chi connectivity index (χ1) is 16.0. The van der Waals surface area contributed by atoms with Crippen molar-refractivity contribution in [3.05, 3.63) is 47.1 Å². The molecule has 0 aromatic carbocycles. The highest BCUT2D eigenvalue weighted by molar-refractivity contribution is 6.32. The summed E-state index contributed by atoms with van der Waals surface area (Å²) in [7, 11) is 2.14. The second-order valence-corrected chi connectivity index (χ2v) is 11.0. The number of fused-ring (bicyclic) bond motifs is 2. The molecule has 4 aliphatic rings. The molecule has 0 spiro atoms. The highest BCUT2D eigenvalue weighted by Gasteiger charge is 2.50. The molecule has 2 aliphatic carbocycles. The summed E-state index contributed by atoms with van der Waals surface area (Å²) in [6, 6.07) is 0. The van der Waals surface area contributed by atoms with E-state index in [0.29, 0.717) is 17.8 Å². The molecule has 2 heterocycles. The molecule has 1 N–H and O–H groups in total. The molecule has 34 heavy (non-hydrogen) atoms. The lowest BCUT2D eigenvalue weighted by Crippen LogP contribution is -2.60. The van der Waals surface area contributed by atoms with E-state index in [0.717, 1.165) is 54.8 Å². The van der Waals surface area contributed by atoms with Crippen LogP contribution in [0.1, 0.15) is 73.6 Å². The zero-order chi connectivity index (χ0) is 25.9. The first kappa shape index (κ1) is 30.4. The molecule has 4 rings (SSSR count). The second-order valence-electron chi connectivity index (χ2n) is 10.6. The molecule has 5 heteroatoms. The van der Waals surface area contributed by atoms with Crippen molar-refractivity contribution in [1.82, 2.24) is 10.2 Å². The lowest BCUT2D eigenvalue weighted by molar-refractivity contribution is -0.142. The van der Waals surface area contributed by atoms with Crippen molar-refractivity contribution in [2.24, 2.45) is 23.7 Å². The van der Waals surface area contributed by atoms with Crippen LogP contribution in [0.5, 0.6) is 0 Å². The third kappa shape index (κ3) is 10.3. The van der Waals surface area contributed by atoms with Crippen molar-refractivity contribution in [3.8, 4) is 0 Å². The lowest BCUT2D eigenvalue weighted by atomic mass is 9.61. The molecule has 0 radical (unpaired) electrons. The summed E-state index contributed by atoms with van der Waals surface area (Å²) >= 11 is 5.95. The number of nitrogens with zero attached hydrogens (tertiary/aromatic N) is 1. The van der Waals surface area contributed by atoms with Gasteiger partial charge in [0.25, 0.3) is 0 Å². The lowest BCUT2D eigenvalue weighted by Gasteiger charge is -2.52. The number of nitrogens with one attached hydrogen (secondary N) is 1. The molecule has 0 aromatic rings. The minimum atomic E-state index is -0.285. The summed E-state index contributed by atoms with van der Waals surface area (Å²) in [6.45, 7) is 18.3. The van der Waals surface area contributed by atoms with Gasteiger partial charge in [0.1, 0.15) is 6.29 Å². The second kappa shape index (κ2) is 14.7. The van der Waals surface area contributed by atoms with Gasteiger partial charge < -0.3 is 15.0 Å². The molecule has 4 nitrogen and oxygen atoms in total. The Morgan fingerprint density at radius 3 is 2.21 bits per heavy atom. The highest BCUT2D eigenvalue weighted by Crippen LogP contribution is 2.45. The molecule has 2 saturated carbocycles. The van der Waals surface area contributed by atoms with Crippen LogP contribution in [-0.2, 0) is 9.59 Å². The fraction of sp³-hybridized carbons (Fsp3) is 0.655. The highest BCUT2D eigenvalue weighted by atomic mass is 35.5. The number of hydrogen-bond acceptors (Lipinski definition) is 3. The fourth-order valence-corrected chi connectivity index (χ4v) is 4.15. The van der Waals surface area contributed by atoms with Crippen LogP contribution in [0.4, 0.5) is 0 Å². The van der Waals surface area contributed by atoms with Crippen molar-refractivity contribution in [2.75, 3.05) is 20.1 Å². The molecule has 192 valence electrons. The Morgan fingerprint density at radius 1 is 1.21 bits per heavy atom. The number of hydrogen-bond donors (Lipinski definition) is 1. The summed E-state index contributed by atoms with van der Waals surface area (Å²) in [6.07, 6.45) is 14.9. The van der Waals surface area contributed by atoms with Gasteiger partial charge in [-0.15, -0.1) is 0 Å². The maximum absolute atomic E-state index is 12.3. The number of aldehydes is 1. The molecule has 1 amide bonds. The van der Waals surface area contributed by atoms with E-state index in [2.05, 4.69) is 36.8 Å². The molecule has 2 atom stereocenters. The standard InChI is InChI=1S/C14H24N2O.C11H17Cl.C4H6O/c1-9(2)14(3,4)15-13(17)12-10-6-11(12)8-16(5)7-10;1-4-6-7-8-9-11(12)10(3)5-2;5-3-4-1-2-4/h10-12H,1,6-8H2,2-5H3,(H,15,17);5,7-9H,4,6H2,1-3H3;3-4H,1-2H2/b;8-7-,10-5+,11-9+;. The van der Waals surface area contributed by atoms with Gasteiger partial charge in [-0.25, -0.2) is 0 Å². The van der Waals surface area contributed by atoms with Crippen molar-refractivity contribution < 1.29 is 9.59 Å². The summed E-state index contributed by atoms with van der Waals surface area (Å²) < 4.78 is 0. The first-order valence-electron chi connectivity index (χ1n) is 12.7. The van der Waals surface area contributed by atoms with Gasteiger partial charge in [-0.1, -0.05) is 55.3 Å². The van der Waals surface area contributed by atoms with E-state index in [1.54, 1.807) is 0 Å². The largest absolute Gasteiger partial charge is 0.347 e. The Labute approximate surface area is 213 Å². The number of piperidine rings is 2. The third-order valence-electron chi connectivity index (χ3n) is 6.98. The van der Waals surface area contributed by atoms with Gasteiger partial charge in [-0.2, -0.15) is 0 Å². The van der Waals surface area contributed by atoms with Crippen LogP contribution in [0.3, 0.4) is 0 Å². The maximum Gasteiger partial charge on any atom is 0.224 e. The van der Waals surface area contributed by atoms with E-state index < -0.39 is 0 Å². The van der Waals surface area contributed by atoms with Gasteiger partial charge >= 0.3 is 0 Å². The van der Waals surface area contributed by atoms with Crippen LogP contribution in [0.25, 0.3) is 0 Å². The van der Waals surface area contributed by atoms with E-state index in [-0.39, 0.29) is 17.4 Å². The molecule has 4 fully saturated rings. The van der Waals surface area contributed by atoms with Crippen molar-refractivity contribution >= 4 is 23.8 Å². The molecule has 0 aromatic heterocycles. The topological polar surface area (TPSA) is 49.4 Å². The molecule has 2 unspecified atom stereocenters. The molecule has 2 aliphatic heterocycles. The van der Waals surface area contributed by atoms with Gasteiger partial charge in [0, 0.05) is 30.0 Å². The average Bonchev–Trinajstić information content (AvgIpc) is 3.60. The predicted octanol–water partition coefficient (Wildman–Crippen LogP) is 6.68. The molecular formula is C29H47ClN2O2. The third-order valence-corrected chi connectivity index (χ3v) is 7.40. The van der Waals surface area contributed by atoms with E-state index >= 15 is 0 Å². The van der Waals surface area contributed by atoms with Crippen LogP contribution >= 0.6 is 11.6 Å². The van der Waals surface area contributed by atoms with E-state index in [1.807, 2.05) is 52.8 Å². The van der Waals surface area contributed by atoms with Crippen LogP contribution in [0.15, 0.2) is 47.1 Å². The minimum absolute atomic E-state index is 0.229. The summed E-state index contributed by atoms with van der Waals surface area (Å²) in [5.74, 6) is 2.06. The van der Waals surface area contributed by atoms with Gasteiger partial charge in [0.15, 0.2) is 0 Å². The number of unbranched alkanes of at least 4 members (excludes halogenated alkanes) is 1. The SMILES string of the molecule is C/C=C(C)/C(Cl)=C\C=C/CCC.C=C(C)C(C)(C)NC(=O)C1C2CC1CN(C)C2.O=CC1CC1. The van der Waals surface area contributed by atoms with Crippen LogP contribution < -0.4 is 5.32 Å². The average molecular weight is 491 g/mol. The first-order valence-corrected chi connectivity index (χ1v) is 13.1. The van der Waals surface area contributed by atoms with Crippen LogP contribution in [-0.4, -0.2) is 42.8 Å². The monoisotopic (exact) mass is 490 g/mol. The van der Waals surface area contributed by atoms with Crippen molar-refractivity contribution in [3.63, 3.8) is 0 Å². The number of halogens is 1. The van der Waals surface area contributed by atoms with Gasteiger partial charge in [-0.05, 0) is 90.8 Å². The summed E-state index contributed by atoms with van der Waals surface area (Å²) in [4.78, 5) is 24.2. The zero-order valence-corrected chi connectivity index (χ0v) is 23.3. The van der Waals surface area contributed by atoms with Crippen LogP contribution in [0, 0.1) is 23.7 Å². The van der Waals surface area contributed by atoms with Gasteiger partial charge in [0.05, 0.1) is 5.54 Å². The fourth-order valence-electron chi connectivity index (χ4n) is 3.97. The van der Waals surface area contributed by atoms with E-state index in [1.165, 1.54) is 12.8 Å². The number of rotatable bonds is 8. The van der Waals surface area contributed by atoms with Gasteiger partial charge in [0.2, 0.25) is 5.91 Å². The Balaban J connectivity index is 0.000000294. The smallest absolute Gasteiger partial charge is 0.224 e. The summed E-state index contributed by atoms with van der Waals surface area (Å²) in [5.41, 5.74) is 1.85. The Kier molecular flexibility index (Phi) is 13.1. The van der Waals surface area contributed by atoms with E-state index in [9.17, 15) is 9.59 Å². The number of carbonyl (C=O) groups excluding carboxylic acids is 2. The molecule has 2 saturated heterocycles. The maximum atomic E-state index is 12.3. The quantitative estimate of drug-likeness (QED) is 0.234. The Bertz CT molecular complexity index is 765. The van der Waals surface area contributed by atoms with E-state index in [4.69, 9.17) is 11.6 Å².